The van der Waals surface area contributed by atoms with E-state index in [0.29, 0.717) is 12.8 Å². The normalized spacial score (nSPS) is 28.0. The van der Waals surface area contributed by atoms with Gasteiger partial charge < -0.3 is 22.1 Å². The lowest BCUT2D eigenvalue weighted by molar-refractivity contribution is -0.126. The number of carbonyl (C=O) groups excluding carboxylic acids is 2. The largest absolute Gasteiger partial charge is 0.368 e. The van der Waals surface area contributed by atoms with Gasteiger partial charge in [0.2, 0.25) is 11.8 Å². The zero-order valence-corrected chi connectivity index (χ0v) is 12.6. The molecule has 3 atom stereocenters. The third kappa shape index (κ3) is 4.18. The minimum Gasteiger partial charge on any atom is -0.368 e. The van der Waals surface area contributed by atoms with Crippen LogP contribution in [0.15, 0.2) is 0 Å². The molecule has 6 heteroatoms. The van der Waals surface area contributed by atoms with E-state index < -0.39 is 5.54 Å². The van der Waals surface area contributed by atoms with Gasteiger partial charge in [0.25, 0.3) is 0 Å². The highest BCUT2D eigenvalue weighted by atomic mass is 16.2. The van der Waals surface area contributed by atoms with E-state index in [1.54, 1.807) is 7.05 Å². The molecule has 0 aromatic heterocycles. The highest BCUT2D eigenvalue weighted by Crippen LogP contribution is 2.35. The molecule has 1 fully saturated rings. The molecular formula is C14H28N4O2. The first-order chi connectivity index (χ1) is 9.45. The number of likely N-dealkylation sites (N-methyl/N-ethyl adjacent to an activating group) is 1. The van der Waals surface area contributed by atoms with Gasteiger partial charge in [-0.15, -0.1) is 0 Å². The number of carbonyl (C=O) groups is 2. The van der Waals surface area contributed by atoms with Gasteiger partial charge in [-0.1, -0.05) is 19.8 Å². The summed E-state index contributed by atoms with van der Waals surface area (Å²) in [5, 5.41) is 6.26. The lowest BCUT2D eigenvalue weighted by atomic mass is 9.73. The van der Waals surface area contributed by atoms with Crippen LogP contribution < -0.4 is 22.1 Å². The van der Waals surface area contributed by atoms with Crippen molar-refractivity contribution >= 4 is 11.8 Å². The molecular weight excluding hydrogens is 256 g/mol. The Morgan fingerprint density at radius 2 is 2.10 bits per heavy atom. The molecule has 0 bridgehead atoms. The number of nitrogens with one attached hydrogen (secondary N) is 2. The number of rotatable bonds is 8. The van der Waals surface area contributed by atoms with Gasteiger partial charge in [-0.05, 0) is 45.2 Å². The van der Waals surface area contributed by atoms with Crippen molar-refractivity contribution in [3.8, 4) is 0 Å². The summed E-state index contributed by atoms with van der Waals surface area (Å²) < 4.78 is 0. The summed E-state index contributed by atoms with van der Waals surface area (Å²) in [5.41, 5.74) is 10.4. The highest BCUT2D eigenvalue weighted by molar-refractivity contribution is 5.85. The predicted molar refractivity (Wildman–Crippen MR) is 78.8 cm³/mol. The van der Waals surface area contributed by atoms with Crippen molar-refractivity contribution < 1.29 is 9.59 Å². The standard InChI is InChI=1S/C14H28N4O2/c1-3-7-18-14(13(16)20)6-4-5-10(9-14)8-11(17-2)12(15)19/h10-11,17-18H,3-9H2,1-2H3,(H2,15,19)(H2,16,20). The molecule has 0 radical (unpaired) electrons. The van der Waals surface area contributed by atoms with E-state index in [9.17, 15) is 9.59 Å². The SMILES string of the molecule is CCCNC1(C(N)=O)CCCC(CC(NC)C(N)=O)C1. The van der Waals surface area contributed by atoms with Crippen LogP contribution in [-0.4, -0.2) is 37.0 Å². The van der Waals surface area contributed by atoms with E-state index in [1.165, 1.54) is 0 Å². The summed E-state index contributed by atoms with van der Waals surface area (Å²) in [6.07, 6.45) is 5.04. The van der Waals surface area contributed by atoms with Gasteiger partial charge in [0.05, 0.1) is 11.6 Å². The topological polar surface area (TPSA) is 110 Å². The quantitative estimate of drug-likeness (QED) is 0.497. The van der Waals surface area contributed by atoms with E-state index in [1.807, 2.05) is 0 Å². The van der Waals surface area contributed by atoms with Gasteiger partial charge in [-0.3, -0.25) is 9.59 Å². The van der Waals surface area contributed by atoms with Gasteiger partial charge in [0.15, 0.2) is 0 Å². The molecule has 1 saturated carbocycles. The second-order valence-corrected chi connectivity index (χ2v) is 5.81. The van der Waals surface area contributed by atoms with Crippen molar-refractivity contribution in [1.29, 1.82) is 0 Å². The van der Waals surface area contributed by atoms with Crippen LogP contribution in [-0.2, 0) is 9.59 Å². The average Bonchev–Trinajstić information content (AvgIpc) is 2.42. The van der Waals surface area contributed by atoms with E-state index in [4.69, 9.17) is 11.5 Å². The summed E-state index contributed by atoms with van der Waals surface area (Å²) in [6, 6.07) is -0.338. The fraction of sp³-hybridized carbons (Fsp3) is 0.857. The maximum absolute atomic E-state index is 11.9. The molecule has 1 aliphatic carbocycles. The fourth-order valence-corrected chi connectivity index (χ4v) is 3.14. The molecule has 20 heavy (non-hydrogen) atoms. The highest BCUT2D eigenvalue weighted by Gasteiger charge is 2.41. The summed E-state index contributed by atoms with van der Waals surface area (Å²) in [5.74, 6) is -0.342. The predicted octanol–water partition coefficient (Wildman–Crippen LogP) is -0.136. The molecule has 6 nitrogen and oxygen atoms in total. The molecule has 116 valence electrons. The Labute approximate surface area is 121 Å². The van der Waals surface area contributed by atoms with E-state index in [-0.39, 0.29) is 23.8 Å². The fourth-order valence-electron chi connectivity index (χ4n) is 3.14. The molecule has 3 unspecified atom stereocenters. The summed E-state index contributed by atoms with van der Waals surface area (Å²) in [7, 11) is 1.73. The third-order valence-electron chi connectivity index (χ3n) is 4.30. The van der Waals surface area contributed by atoms with Crippen molar-refractivity contribution in [2.24, 2.45) is 17.4 Å². The Balaban J connectivity index is 2.71. The number of hydrogen-bond acceptors (Lipinski definition) is 4. The van der Waals surface area contributed by atoms with Gasteiger partial charge in [0, 0.05) is 0 Å². The Kier molecular flexibility index (Phi) is 6.42. The molecule has 1 rings (SSSR count). The van der Waals surface area contributed by atoms with Crippen LogP contribution in [0.1, 0.15) is 45.4 Å². The Morgan fingerprint density at radius 3 is 2.60 bits per heavy atom. The molecule has 0 spiro atoms. The minimum absolute atomic E-state index is 0.282. The van der Waals surface area contributed by atoms with Gasteiger partial charge in [-0.25, -0.2) is 0 Å². The van der Waals surface area contributed by atoms with Crippen LogP contribution in [0.2, 0.25) is 0 Å². The lowest BCUT2D eigenvalue weighted by Crippen LogP contribution is -2.58. The monoisotopic (exact) mass is 284 g/mol. The molecule has 2 amide bonds. The van der Waals surface area contributed by atoms with Crippen molar-refractivity contribution in [2.45, 2.75) is 57.0 Å². The van der Waals surface area contributed by atoms with Crippen LogP contribution in [0.5, 0.6) is 0 Å². The second-order valence-electron chi connectivity index (χ2n) is 5.81. The second kappa shape index (κ2) is 7.59. The Bertz CT molecular complexity index is 348. The number of amides is 2. The van der Waals surface area contributed by atoms with Crippen LogP contribution >= 0.6 is 0 Å². The minimum atomic E-state index is -0.616. The Hall–Kier alpha value is -1.14. The van der Waals surface area contributed by atoms with Crippen molar-refractivity contribution in [2.75, 3.05) is 13.6 Å². The summed E-state index contributed by atoms with van der Waals surface area (Å²) in [4.78, 5) is 23.2. The molecule has 0 aliphatic heterocycles. The van der Waals surface area contributed by atoms with E-state index >= 15 is 0 Å². The first-order valence-corrected chi connectivity index (χ1v) is 7.46. The smallest absolute Gasteiger partial charge is 0.237 e. The number of hydrogen-bond donors (Lipinski definition) is 4. The molecule has 0 saturated heterocycles. The van der Waals surface area contributed by atoms with Crippen LogP contribution in [0, 0.1) is 5.92 Å². The van der Waals surface area contributed by atoms with Gasteiger partial charge in [-0.2, -0.15) is 0 Å². The van der Waals surface area contributed by atoms with Crippen LogP contribution in [0.4, 0.5) is 0 Å². The van der Waals surface area contributed by atoms with Gasteiger partial charge in [0.1, 0.15) is 0 Å². The van der Waals surface area contributed by atoms with Gasteiger partial charge >= 0.3 is 0 Å². The van der Waals surface area contributed by atoms with Crippen molar-refractivity contribution in [1.82, 2.24) is 10.6 Å². The van der Waals surface area contributed by atoms with Crippen LogP contribution in [0.3, 0.4) is 0 Å². The maximum Gasteiger partial charge on any atom is 0.237 e. The average molecular weight is 284 g/mol. The summed E-state index contributed by atoms with van der Waals surface area (Å²) in [6.45, 7) is 2.84. The molecule has 1 aliphatic rings. The van der Waals surface area contributed by atoms with E-state index in [2.05, 4.69) is 17.6 Å². The summed E-state index contributed by atoms with van der Waals surface area (Å²) >= 11 is 0. The van der Waals surface area contributed by atoms with E-state index in [0.717, 1.165) is 32.2 Å². The molecule has 0 aromatic carbocycles. The third-order valence-corrected chi connectivity index (χ3v) is 4.30. The van der Waals surface area contributed by atoms with Crippen molar-refractivity contribution in [3.05, 3.63) is 0 Å². The lowest BCUT2D eigenvalue weighted by Gasteiger charge is -2.40. The maximum atomic E-state index is 11.9. The van der Waals surface area contributed by atoms with Crippen molar-refractivity contribution in [3.63, 3.8) is 0 Å². The number of primary amides is 2. The zero-order valence-electron chi connectivity index (χ0n) is 12.6. The first-order valence-electron chi connectivity index (χ1n) is 7.46. The zero-order chi connectivity index (χ0) is 15.2. The van der Waals surface area contributed by atoms with Crippen LogP contribution in [0.25, 0.3) is 0 Å². The first kappa shape index (κ1) is 16.9. The molecule has 6 N–H and O–H groups in total. The Morgan fingerprint density at radius 1 is 1.40 bits per heavy atom. The molecule has 0 heterocycles. The number of nitrogens with two attached hydrogens (primary N) is 2. The molecule has 0 aromatic rings.